The Labute approximate surface area is 119 Å². The van der Waals surface area contributed by atoms with Crippen LogP contribution in [0.5, 0.6) is 0 Å². The molecule has 2 rings (SSSR count). The number of nitrogens with one attached hydrogen (secondary N) is 1. The highest BCUT2D eigenvalue weighted by molar-refractivity contribution is 7.92. The van der Waals surface area contributed by atoms with Crippen molar-refractivity contribution in [3.8, 4) is 11.8 Å². The summed E-state index contributed by atoms with van der Waals surface area (Å²) in [5.74, 6) is 4.19. The van der Waals surface area contributed by atoms with Gasteiger partial charge in [-0.25, -0.2) is 8.42 Å². The van der Waals surface area contributed by atoms with Gasteiger partial charge in [0.15, 0.2) is 0 Å². The van der Waals surface area contributed by atoms with Crippen LogP contribution in [0.1, 0.15) is 12.5 Å². The van der Waals surface area contributed by atoms with Gasteiger partial charge in [0.2, 0.25) is 10.0 Å². The number of hydrogen-bond acceptors (Lipinski definition) is 3. The molecule has 1 aromatic carbocycles. The summed E-state index contributed by atoms with van der Waals surface area (Å²) in [6.07, 6.45) is 0.725. The number of amides is 1. The molecule has 0 fully saturated rings. The number of fused-ring (bicyclic) bond motifs is 1. The molecule has 0 aliphatic carbocycles. The molecular weight excluding hydrogens is 276 g/mol. The number of para-hydroxylation sites is 1. The molecule has 0 bridgehead atoms. The Kier molecular flexibility index (Phi) is 4.30. The summed E-state index contributed by atoms with van der Waals surface area (Å²) in [4.78, 5) is 11.2. The van der Waals surface area contributed by atoms with Crippen LogP contribution in [0.2, 0.25) is 0 Å². The summed E-state index contributed by atoms with van der Waals surface area (Å²) in [7, 11) is -3.41. The molecule has 20 heavy (non-hydrogen) atoms. The van der Waals surface area contributed by atoms with E-state index in [0.29, 0.717) is 6.54 Å². The predicted molar refractivity (Wildman–Crippen MR) is 77.7 cm³/mol. The normalized spacial score (nSPS) is 13.3. The van der Waals surface area contributed by atoms with Gasteiger partial charge in [-0.15, -0.1) is 0 Å². The fourth-order valence-electron chi connectivity index (χ4n) is 2.16. The lowest BCUT2D eigenvalue weighted by Crippen LogP contribution is -2.36. The zero-order valence-corrected chi connectivity index (χ0v) is 12.0. The van der Waals surface area contributed by atoms with Gasteiger partial charge in [-0.2, -0.15) is 0 Å². The highest BCUT2D eigenvalue weighted by Crippen LogP contribution is 2.29. The fraction of sp³-hybridized carbons (Fsp3) is 0.357. The van der Waals surface area contributed by atoms with Crippen molar-refractivity contribution in [2.45, 2.75) is 13.3 Å². The Hall–Kier alpha value is -2.00. The molecule has 0 saturated carbocycles. The zero-order valence-electron chi connectivity index (χ0n) is 11.2. The molecule has 0 atom stereocenters. The Morgan fingerprint density at radius 2 is 2.15 bits per heavy atom. The average molecular weight is 292 g/mol. The van der Waals surface area contributed by atoms with Crippen LogP contribution in [0.3, 0.4) is 0 Å². The van der Waals surface area contributed by atoms with Gasteiger partial charge in [0.25, 0.3) is 5.91 Å². The predicted octanol–water partition coefficient (Wildman–Crippen LogP) is 0.518. The van der Waals surface area contributed by atoms with Crippen molar-refractivity contribution in [1.29, 1.82) is 0 Å². The van der Waals surface area contributed by atoms with E-state index in [1.54, 1.807) is 13.0 Å². The molecule has 1 N–H and O–H groups in total. The summed E-state index contributed by atoms with van der Waals surface area (Å²) in [5, 5.41) is 2.47. The van der Waals surface area contributed by atoms with Gasteiger partial charge in [-0.05, 0) is 30.9 Å². The molecule has 0 unspecified atom stereocenters. The van der Waals surface area contributed by atoms with Crippen LogP contribution in [0, 0.1) is 11.8 Å². The first kappa shape index (κ1) is 14.4. The molecule has 1 aliphatic heterocycles. The van der Waals surface area contributed by atoms with Crippen molar-refractivity contribution in [3.05, 3.63) is 29.8 Å². The lowest BCUT2D eigenvalue weighted by molar-refractivity contribution is -0.115. The number of rotatable bonds is 4. The van der Waals surface area contributed by atoms with Crippen molar-refractivity contribution >= 4 is 21.6 Å². The minimum atomic E-state index is -3.41. The van der Waals surface area contributed by atoms with Crippen LogP contribution in [-0.2, 0) is 21.2 Å². The van der Waals surface area contributed by atoms with Crippen LogP contribution in [0.25, 0.3) is 0 Å². The van der Waals surface area contributed by atoms with E-state index in [2.05, 4.69) is 17.2 Å². The Bertz CT molecular complexity index is 671. The summed E-state index contributed by atoms with van der Waals surface area (Å²) in [6, 6.07) is 7.47. The van der Waals surface area contributed by atoms with Gasteiger partial charge in [-0.1, -0.05) is 24.1 Å². The van der Waals surface area contributed by atoms with Gasteiger partial charge in [0.05, 0.1) is 11.4 Å². The summed E-state index contributed by atoms with van der Waals surface area (Å²) >= 11 is 0. The molecule has 1 aromatic rings. The molecule has 0 radical (unpaired) electrons. The molecule has 1 heterocycles. The lowest BCUT2D eigenvalue weighted by atomic mass is 10.2. The van der Waals surface area contributed by atoms with Crippen molar-refractivity contribution in [3.63, 3.8) is 0 Å². The second-order valence-electron chi connectivity index (χ2n) is 4.40. The molecule has 1 aliphatic rings. The molecule has 0 aromatic heterocycles. The summed E-state index contributed by atoms with van der Waals surface area (Å²) < 4.78 is 26.0. The Morgan fingerprint density at radius 3 is 2.90 bits per heavy atom. The quantitative estimate of drug-likeness (QED) is 0.823. The summed E-state index contributed by atoms with van der Waals surface area (Å²) in [5.41, 5.74) is 1.78. The van der Waals surface area contributed by atoms with E-state index in [0.717, 1.165) is 17.7 Å². The topological polar surface area (TPSA) is 66.5 Å². The van der Waals surface area contributed by atoms with Crippen molar-refractivity contribution < 1.29 is 13.2 Å². The first-order valence-electron chi connectivity index (χ1n) is 6.33. The van der Waals surface area contributed by atoms with E-state index < -0.39 is 15.9 Å². The van der Waals surface area contributed by atoms with Gasteiger partial charge >= 0.3 is 0 Å². The number of anilines is 1. The largest absolute Gasteiger partial charge is 0.344 e. The van der Waals surface area contributed by atoms with E-state index >= 15 is 0 Å². The fourth-order valence-corrected chi connectivity index (χ4v) is 3.59. The monoisotopic (exact) mass is 292 g/mol. The minimum Gasteiger partial charge on any atom is -0.344 e. The maximum atomic E-state index is 12.3. The van der Waals surface area contributed by atoms with E-state index in [9.17, 15) is 13.2 Å². The van der Waals surface area contributed by atoms with Crippen LogP contribution in [-0.4, -0.2) is 33.2 Å². The molecule has 5 nitrogen and oxygen atoms in total. The van der Waals surface area contributed by atoms with E-state index in [1.807, 2.05) is 18.2 Å². The standard InChI is InChI=1S/C14H16N2O3S/c1-2-5-14(17)15-9-11-20(18,19)16-10-8-12-6-3-4-7-13(12)16/h3-4,6-7H,8-11H2,1H3,(H,15,17). The number of carbonyl (C=O) groups excluding carboxylic acids is 1. The van der Waals surface area contributed by atoms with Gasteiger partial charge < -0.3 is 5.32 Å². The molecule has 0 spiro atoms. The van der Waals surface area contributed by atoms with Crippen LogP contribution in [0.4, 0.5) is 5.69 Å². The third-order valence-corrected chi connectivity index (χ3v) is 4.84. The SMILES string of the molecule is CC#CC(=O)NCCS(=O)(=O)N1CCc2ccccc21. The lowest BCUT2D eigenvalue weighted by Gasteiger charge is -2.19. The van der Waals surface area contributed by atoms with Crippen molar-refractivity contribution in [2.24, 2.45) is 0 Å². The highest BCUT2D eigenvalue weighted by atomic mass is 32.2. The van der Waals surface area contributed by atoms with Crippen LogP contribution < -0.4 is 9.62 Å². The van der Waals surface area contributed by atoms with Crippen molar-refractivity contribution in [1.82, 2.24) is 5.32 Å². The molecule has 1 amide bonds. The molecule has 6 heteroatoms. The smallest absolute Gasteiger partial charge is 0.295 e. The van der Waals surface area contributed by atoms with Crippen LogP contribution in [0.15, 0.2) is 24.3 Å². The number of carbonyl (C=O) groups is 1. The van der Waals surface area contributed by atoms with Crippen LogP contribution >= 0.6 is 0 Å². The minimum absolute atomic E-state index is 0.0640. The highest BCUT2D eigenvalue weighted by Gasteiger charge is 2.28. The second-order valence-corrected chi connectivity index (χ2v) is 6.41. The Morgan fingerprint density at radius 1 is 1.40 bits per heavy atom. The van der Waals surface area contributed by atoms with E-state index in [1.165, 1.54) is 4.31 Å². The second kappa shape index (κ2) is 5.97. The molecular formula is C14H16N2O3S. The first-order valence-corrected chi connectivity index (χ1v) is 7.94. The van der Waals surface area contributed by atoms with Gasteiger partial charge in [0.1, 0.15) is 0 Å². The number of benzene rings is 1. The zero-order chi connectivity index (χ0) is 14.6. The first-order chi connectivity index (χ1) is 9.54. The average Bonchev–Trinajstić information content (AvgIpc) is 2.83. The third-order valence-electron chi connectivity index (χ3n) is 3.06. The molecule has 106 valence electrons. The maximum absolute atomic E-state index is 12.3. The van der Waals surface area contributed by atoms with E-state index in [-0.39, 0.29) is 12.3 Å². The van der Waals surface area contributed by atoms with Gasteiger partial charge in [-0.3, -0.25) is 9.10 Å². The number of hydrogen-bond donors (Lipinski definition) is 1. The maximum Gasteiger partial charge on any atom is 0.295 e. The van der Waals surface area contributed by atoms with E-state index in [4.69, 9.17) is 0 Å². The molecule has 0 saturated heterocycles. The summed E-state index contributed by atoms with van der Waals surface area (Å²) in [6.45, 7) is 2.08. The Balaban J connectivity index is 2.01. The number of nitrogens with zero attached hydrogens (tertiary/aromatic N) is 1. The number of sulfonamides is 1. The third kappa shape index (κ3) is 3.11. The van der Waals surface area contributed by atoms with Crippen molar-refractivity contribution in [2.75, 3.05) is 23.1 Å². The van der Waals surface area contributed by atoms with Gasteiger partial charge in [0, 0.05) is 13.1 Å².